The van der Waals surface area contributed by atoms with E-state index in [-0.39, 0.29) is 18.8 Å². The molecule has 0 rings (SSSR count). The van der Waals surface area contributed by atoms with Gasteiger partial charge in [0, 0.05) is 0 Å². The van der Waals surface area contributed by atoms with Gasteiger partial charge in [0.15, 0.2) is 0 Å². The van der Waals surface area contributed by atoms with Crippen molar-refractivity contribution in [3.05, 3.63) is 0 Å². The highest BCUT2D eigenvalue weighted by Crippen LogP contribution is 2.11. The molecule has 0 aliphatic rings. The van der Waals surface area contributed by atoms with Crippen molar-refractivity contribution in [1.82, 2.24) is 16.0 Å². The van der Waals surface area contributed by atoms with E-state index in [1.54, 1.807) is 6.92 Å². The van der Waals surface area contributed by atoms with Crippen molar-refractivity contribution in [2.45, 2.75) is 76.5 Å². The lowest BCUT2D eigenvalue weighted by atomic mass is 9.97. The molecule has 0 aliphatic heterocycles. The Morgan fingerprint density at radius 2 is 1.53 bits per heavy atom. The van der Waals surface area contributed by atoms with Crippen molar-refractivity contribution < 1.29 is 34.2 Å². The van der Waals surface area contributed by atoms with Gasteiger partial charge in [0.1, 0.15) is 18.1 Å². The minimum Gasteiger partial charge on any atom is -0.481 e. The Morgan fingerprint density at radius 1 is 0.912 bits per heavy atom. The molecule has 0 aromatic carbocycles. The molecule has 9 N–H and O–H groups in total. The molecule has 5 unspecified atom stereocenters. The molecule has 13 heteroatoms. The second-order valence-corrected chi connectivity index (χ2v) is 9.09. The highest BCUT2D eigenvalue weighted by Gasteiger charge is 2.32. The van der Waals surface area contributed by atoms with E-state index in [2.05, 4.69) is 16.0 Å². The van der Waals surface area contributed by atoms with Gasteiger partial charge in [-0.15, -0.1) is 0 Å². The smallest absolute Gasteiger partial charge is 0.326 e. The fraction of sp³-hybridized carbons (Fsp3) is 0.762. The van der Waals surface area contributed by atoms with Crippen molar-refractivity contribution >= 4 is 41.4 Å². The number of carboxylic acids is 2. The van der Waals surface area contributed by atoms with E-state index >= 15 is 0 Å². The van der Waals surface area contributed by atoms with E-state index in [1.165, 1.54) is 11.8 Å². The van der Waals surface area contributed by atoms with Crippen LogP contribution in [-0.4, -0.2) is 82.6 Å². The number of hydrogen-bond acceptors (Lipinski definition) is 8. The van der Waals surface area contributed by atoms with Crippen LogP contribution in [0.4, 0.5) is 0 Å². The third-order valence-corrected chi connectivity index (χ3v) is 5.97. The molecule has 12 nitrogen and oxygen atoms in total. The zero-order chi connectivity index (χ0) is 26.3. The van der Waals surface area contributed by atoms with E-state index in [1.807, 2.05) is 13.2 Å². The Morgan fingerprint density at radius 3 is 2.03 bits per heavy atom. The second kappa shape index (κ2) is 17.1. The molecule has 0 aromatic rings. The van der Waals surface area contributed by atoms with Crippen LogP contribution in [0.2, 0.25) is 0 Å². The van der Waals surface area contributed by atoms with Gasteiger partial charge in [-0.1, -0.05) is 20.3 Å². The predicted octanol–water partition coefficient (Wildman–Crippen LogP) is -0.744. The first-order chi connectivity index (χ1) is 16.0. The summed E-state index contributed by atoms with van der Waals surface area (Å²) in [7, 11) is 0. The maximum atomic E-state index is 13.0. The number of rotatable bonds is 18. The van der Waals surface area contributed by atoms with Crippen molar-refractivity contribution in [2.24, 2.45) is 17.4 Å². The van der Waals surface area contributed by atoms with Crippen LogP contribution in [0.5, 0.6) is 0 Å². The van der Waals surface area contributed by atoms with E-state index in [0.29, 0.717) is 31.6 Å². The Kier molecular flexibility index (Phi) is 15.9. The van der Waals surface area contributed by atoms with Crippen LogP contribution in [0.15, 0.2) is 0 Å². The van der Waals surface area contributed by atoms with Crippen LogP contribution < -0.4 is 27.4 Å². The zero-order valence-corrected chi connectivity index (χ0v) is 20.9. The predicted molar refractivity (Wildman–Crippen MR) is 129 cm³/mol. The lowest BCUT2D eigenvalue weighted by Crippen LogP contribution is -2.58. The lowest BCUT2D eigenvalue weighted by Gasteiger charge is -2.28. The van der Waals surface area contributed by atoms with Gasteiger partial charge < -0.3 is 37.6 Å². The molecule has 0 fully saturated rings. The highest BCUT2D eigenvalue weighted by molar-refractivity contribution is 7.98. The molecule has 34 heavy (non-hydrogen) atoms. The summed E-state index contributed by atoms with van der Waals surface area (Å²) in [6.45, 7) is 3.94. The molecule has 3 amide bonds. The Balaban J connectivity index is 5.47. The first kappa shape index (κ1) is 31.6. The van der Waals surface area contributed by atoms with E-state index in [4.69, 9.17) is 16.6 Å². The molecule has 196 valence electrons. The molecular formula is C21H39N5O7S. The fourth-order valence-electron chi connectivity index (χ4n) is 3.03. The normalized spacial score (nSPS) is 15.3. The molecule has 0 saturated carbocycles. The summed E-state index contributed by atoms with van der Waals surface area (Å²) in [6, 6.07) is -4.53. The first-order valence-electron chi connectivity index (χ1n) is 11.3. The van der Waals surface area contributed by atoms with E-state index < -0.39 is 60.2 Å². The van der Waals surface area contributed by atoms with Crippen molar-refractivity contribution in [3.8, 4) is 0 Å². The van der Waals surface area contributed by atoms with Crippen LogP contribution in [0.3, 0.4) is 0 Å². The number of carbonyl (C=O) groups excluding carboxylic acids is 3. The Bertz CT molecular complexity index is 694. The average Bonchev–Trinajstić information content (AvgIpc) is 2.77. The SMILES string of the molecule is CCC(C)C(NC(=O)C(N)CC(=O)O)C(=O)NC(CCSC)C(=O)NC(CCCCN)C(=O)O. The number of carbonyl (C=O) groups is 5. The van der Waals surface area contributed by atoms with Crippen LogP contribution in [0.25, 0.3) is 0 Å². The number of nitrogens with two attached hydrogens (primary N) is 2. The number of carboxylic acid groups (broad SMARTS) is 2. The van der Waals surface area contributed by atoms with Gasteiger partial charge in [0.25, 0.3) is 0 Å². The summed E-state index contributed by atoms with van der Waals surface area (Å²) in [6.07, 6.45) is 3.33. The van der Waals surface area contributed by atoms with Gasteiger partial charge in [-0.3, -0.25) is 19.2 Å². The third kappa shape index (κ3) is 12.2. The fourth-order valence-corrected chi connectivity index (χ4v) is 3.50. The van der Waals surface area contributed by atoms with E-state index in [9.17, 15) is 29.1 Å². The minimum absolute atomic E-state index is 0.203. The van der Waals surface area contributed by atoms with Gasteiger partial charge in [0.2, 0.25) is 17.7 Å². The second-order valence-electron chi connectivity index (χ2n) is 8.10. The zero-order valence-electron chi connectivity index (χ0n) is 20.0. The van der Waals surface area contributed by atoms with Crippen molar-refractivity contribution in [1.29, 1.82) is 0 Å². The number of aliphatic carboxylic acids is 2. The molecule has 0 heterocycles. The van der Waals surface area contributed by atoms with Gasteiger partial charge in [0.05, 0.1) is 12.5 Å². The molecule has 0 spiro atoms. The molecule has 0 radical (unpaired) electrons. The minimum atomic E-state index is -1.34. The largest absolute Gasteiger partial charge is 0.481 e. The number of thioether (sulfide) groups is 1. The summed E-state index contributed by atoms with van der Waals surface area (Å²) < 4.78 is 0. The summed E-state index contributed by atoms with van der Waals surface area (Å²) in [5.74, 6) is -4.32. The standard InChI is InChI=1S/C21H39N5O7S/c1-4-12(2)17(26-18(29)13(23)11-16(27)28)20(31)24-14(8-10-34-3)19(30)25-15(21(32)33)7-5-6-9-22/h12-15,17H,4-11,22-23H2,1-3H3,(H,24,31)(H,25,30)(H,26,29)(H,27,28)(H,32,33). The van der Waals surface area contributed by atoms with Gasteiger partial charge in [-0.05, 0) is 50.2 Å². The Hall–Kier alpha value is -2.38. The molecule has 0 bridgehead atoms. The highest BCUT2D eigenvalue weighted by atomic mass is 32.2. The summed E-state index contributed by atoms with van der Waals surface area (Å²) in [5.41, 5.74) is 11.0. The molecule has 0 aliphatic carbocycles. The average molecular weight is 506 g/mol. The van der Waals surface area contributed by atoms with Gasteiger partial charge in [-0.2, -0.15) is 11.8 Å². The lowest BCUT2D eigenvalue weighted by molar-refractivity contribution is -0.142. The van der Waals surface area contributed by atoms with Crippen LogP contribution in [0, 0.1) is 5.92 Å². The van der Waals surface area contributed by atoms with Gasteiger partial charge >= 0.3 is 11.9 Å². The molecule has 5 atom stereocenters. The maximum absolute atomic E-state index is 13.0. The number of unbranched alkanes of at least 4 members (excludes halogenated alkanes) is 1. The monoisotopic (exact) mass is 505 g/mol. The van der Waals surface area contributed by atoms with Gasteiger partial charge in [-0.25, -0.2) is 4.79 Å². The van der Waals surface area contributed by atoms with Crippen LogP contribution >= 0.6 is 11.8 Å². The van der Waals surface area contributed by atoms with Crippen molar-refractivity contribution in [3.63, 3.8) is 0 Å². The number of amides is 3. The van der Waals surface area contributed by atoms with Crippen molar-refractivity contribution in [2.75, 3.05) is 18.6 Å². The third-order valence-electron chi connectivity index (χ3n) is 5.33. The summed E-state index contributed by atoms with van der Waals surface area (Å²) in [5, 5.41) is 25.8. The maximum Gasteiger partial charge on any atom is 0.326 e. The summed E-state index contributed by atoms with van der Waals surface area (Å²) in [4.78, 5) is 60.6. The molecular weight excluding hydrogens is 466 g/mol. The van der Waals surface area contributed by atoms with E-state index in [0.717, 1.165) is 0 Å². The molecule has 0 aromatic heterocycles. The Labute approximate surface area is 204 Å². The topological polar surface area (TPSA) is 214 Å². The molecule has 0 saturated heterocycles. The first-order valence-corrected chi connectivity index (χ1v) is 12.7. The number of hydrogen-bond donors (Lipinski definition) is 7. The summed E-state index contributed by atoms with van der Waals surface area (Å²) >= 11 is 1.45. The van der Waals surface area contributed by atoms with Crippen LogP contribution in [-0.2, 0) is 24.0 Å². The van der Waals surface area contributed by atoms with Crippen LogP contribution in [0.1, 0.15) is 52.4 Å². The quantitative estimate of drug-likeness (QED) is 0.116. The number of nitrogens with one attached hydrogen (secondary N) is 3.